The third-order valence-electron chi connectivity index (χ3n) is 2.63. The summed E-state index contributed by atoms with van der Waals surface area (Å²) in [4.78, 5) is 26.6. The van der Waals surface area contributed by atoms with Gasteiger partial charge < -0.3 is 15.1 Å². The number of hydrogen-bond acceptors (Lipinski definition) is 4. The lowest BCUT2D eigenvalue weighted by molar-refractivity contribution is -0.137. The predicted molar refractivity (Wildman–Crippen MR) is 71.0 cm³/mol. The minimum absolute atomic E-state index is 0.0440. The first kappa shape index (κ1) is 14.3. The third kappa shape index (κ3) is 3.06. The van der Waals surface area contributed by atoms with E-state index in [1.165, 1.54) is 25.1 Å². The molecule has 1 heterocycles. The van der Waals surface area contributed by atoms with Gasteiger partial charge in [-0.05, 0) is 25.1 Å². The summed E-state index contributed by atoms with van der Waals surface area (Å²) in [5.41, 5.74) is 0.429. The molecule has 1 unspecified atom stereocenters. The number of fused-ring (bicyclic) bond motifs is 1. The van der Waals surface area contributed by atoms with E-state index in [0.717, 1.165) is 0 Å². The highest BCUT2D eigenvalue weighted by Gasteiger charge is 2.19. The Balaban J connectivity index is 2.31. The summed E-state index contributed by atoms with van der Waals surface area (Å²) in [6, 6.07) is 3.37. The molecule has 0 amide bonds. The van der Waals surface area contributed by atoms with Gasteiger partial charge in [0, 0.05) is 6.04 Å². The molecule has 0 aliphatic carbocycles. The minimum Gasteiger partial charge on any atom is -0.481 e. The number of rotatable bonds is 5. The third-order valence-corrected chi connectivity index (χ3v) is 4.22. The molecule has 108 valence electrons. The van der Waals surface area contributed by atoms with Crippen molar-refractivity contribution in [3.8, 4) is 0 Å². The van der Waals surface area contributed by atoms with Crippen molar-refractivity contribution in [3.63, 3.8) is 0 Å². The Labute approximate surface area is 113 Å². The monoisotopic (exact) mass is 299 g/mol. The molecule has 0 saturated heterocycles. The summed E-state index contributed by atoms with van der Waals surface area (Å²) in [5, 5.41) is 8.62. The maximum atomic E-state index is 12.1. The first-order chi connectivity index (χ1) is 9.28. The molecule has 1 atom stereocenters. The molecule has 0 radical (unpaired) electrons. The van der Waals surface area contributed by atoms with E-state index in [1.807, 2.05) is 0 Å². The predicted octanol–water partition coefficient (Wildman–Crippen LogP) is -0.00230. The fraction of sp³-hybridized carbons (Fsp3) is 0.273. The van der Waals surface area contributed by atoms with Crippen LogP contribution in [0.2, 0.25) is 0 Å². The maximum absolute atomic E-state index is 12.1. The van der Waals surface area contributed by atoms with Gasteiger partial charge >= 0.3 is 11.7 Å². The van der Waals surface area contributed by atoms with Crippen LogP contribution in [-0.2, 0) is 14.8 Å². The standard InChI is InChI=1S/C11H13N3O5S/c1-6(4-10(15)16)14-20(18,19)7-2-3-8-9(5-7)13-11(17)12-8/h2-3,5-6,14H,4H2,1H3,(H,15,16)(H2,12,13,17). The van der Waals surface area contributed by atoms with Gasteiger partial charge in [0.2, 0.25) is 10.0 Å². The first-order valence-corrected chi connectivity index (χ1v) is 7.22. The van der Waals surface area contributed by atoms with Gasteiger partial charge in [0.1, 0.15) is 0 Å². The van der Waals surface area contributed by atoms with Crippen LogP contribution in [0, 0.1) is 0 Å². The Morgan fingerprint density at radius 2 is 2.00 bits per heavy atom. The zero-order valence-corrected chi connectivity index (χ0v) is 11.3. The second-order valence-corrected chi connectivity index (χ2v) is 6.12. The lowest BCUT2D eigenvalue weighted by Crippen LogP contribution is -2.34. The first-order valence-electron chi connectivity index (χ1n) is 5.74. The summed E-state index contributed by atoms with van der Waals surface area (Å²) in [5.74, 6) is -1.09. The number of H-pyrrole nitrogens is 2. The molecule has 0 saturated carbocycles. The normalized spacial score (nSPS) is 13.4. The van der Waals surface area contributed by atoms with Crippen molar-refractivity contribution >= 4 is 27.0 Å². The maximum Gasteiger partial charge on any atom is 0.323 e. The van der Waals surface area contributed by atoms with Crippen molar-refractivity contribution in [1.29, 1.82) is 0 Å². The van der Waals surface area contributed by atoms with E-state index in [9.17, 15) is 18.0 Å². The Morgan fingerprint density at radius 3 is 2.65 bits per heavy atom. The van der Waals surface area contributed by atoms with E-state index in [1.54, 1.807) is 0 Å². The molecule has 0 spiro atoms. The number of aromatic amines is 2. The van der Waals surface area contributed by atoms with Crippen molar-refractivity contribution in [2.75, 3.05) is 0 Å². The molecule has 2 rings (SSSR count). The number of sulfonamides is 1. The Kier molecular flexibility index (Phi) is 3.64. The van der Waals surface area contributed by atoms with Gasteiger partial charge in [-0.15, -0.1) is 0 Å². The molecule has 8 nitrogen and oxygen atoms in total. The van der Waals surface area contributed by atoms with Crippen molar-refractivity contribution < 1.29 is 18.3 Å². The van der Waals surface area contributed by atoms with Gasteiger partial charge in [-0.2, -0.15) is 0 Å². The number of aliphatic carboxylic acids is 1. The highest BCUT2D eigenvalue weighted by Crippen LogP contribution is 2.15. The molecule has 20 heavy (non-hydrogen) atoms. The molecule has 1 aromatic carbocycles. The number of carboxylic acid groups (broad SMARTS) is 1. The summed E-state index contributed by atoms with van der Waals surface area (Å²) >= 11 is 0. The van der Waals surface area contributed by atoms with E-state index in [-0.39, 0.29) is 11.3 Å². The zero-order chi connectivity index (χ0) is 14.9. The largest absolute Gasteiger partial charge is 0.481 e. The van der Waals surface area contributed by atoms with Gasteiger partial charge in [-0.1, -0.05) is 0 Å². The van der Waals surface area contributed by atoms with Crippen molar-refractivity contribution in [2.45, 2.75) is 24.3 Å². The van der Waals surface area contributed by atoms with Crippen LogP contribution >= 0.6 is 0 Å². The van der Waals surface area contributed by atoms with Crippen molar-refractivity contribution in [2.24, 2.45) is 0 Å². The fourth-order valence-electron chi connectivity index (χ4n) is 1.82. The van der Waals surface area contributed by atoms with Crippen molar-refractivity contribution in [1.82, 2.24) is 14.7 Å². The zero-order valence-electron chi connectivity index (χ0n) is 10.5. The van der Waals surface area contributed by atoms with E-state index in [4.69, 9.17) is 5.11 Å². The van der Waals surface area contributed by atoms with Crippen LogP contribution in [0.1, 0.15) is 13.3 Å². The van der Waals surface area contributed by atoms with Crippen LogP contribution in [0.4, 0.5) is 0 Å². The minimum atomic E-state index is -3.84. The van der Waals surface area contributed by atoms with Gasteiger partial charge in [-0.3, -0.25) is 4.79 Å². The van der Waals surface area contributed by atoms with Gasteiger partial charge in [0.05, 0.1) is 22.3 Å². The molecule has 0 aliphatic heterocycles. The number of imidazole rings is 1. The van der Waals surface area contributed by atoms with E-state index in [0.29, 0.717) is 11.0 Å². The molecule has 0 aliphatic rings. The molecular formula is C11H13N3O5S. The number of carboxylic acids is 1. The van der Waals surface area contributed by atoms with Crippen molar-refractivity contribution in [3.05, 3.63) is 28.7 Å². The summed E-state index contributed by atoms with van der Waals surface area (Å²) in [6.45, 7) is 1.46. The van der Waals surface area contributed by atoms with Crippen LogP contribution in [0.3, 0.4) is 0 Å². The van der Waals surface area contributed by atoms with Gasteiger partial charge in [-0.25, -0.2) is 17.9 Å². The summed E-state index contributed by atoms with van der Waals surface area (Å²) < 4.78 is 26.4. The van der Waals surface area contributed by atoms with E-state index < -0.39 is 27.7 Å². The van der Waals surface area contributed by atoms with Crippen LogP contribution in [0.5, 0.6) is 0 Å². The number of hydrogen-bond donors (Lipinski definition) is 4. The average molecular weight is 299 g/mol. The lowest BCUT2D eigenvalue weighted by Gasteiger charge is -2.12. The SMILES string of the molecule is CC(CC(=O)O)NS(=O)(=O)c1ccc2[nH]c(=O)[nH]c2c1. The second-order valence-electron chi connectivity index (χ2n) is 4.41. The smallest absolute Gasteiger partial charge is 0.323 e. The van der Waals surface area contributed by atoms with Crippen LogP contribution < -0.4 is 10.4 Å². The van der Waals surface area contributed by atoms with Gasteiger partial charge in [0.25, 0.3) is 0 Å². The average Bonchev–Trinajstić information content (AvgIpc) is 2.65. The fourth-order valence-corrected chi connectivity index (χ4v) is 3.08. The van der Waals surface area contributed by atoms with E-state index >= 15 is 0 Å². The Bertz CT molecular complexity index is 805. The van der Waals surface area contributed by atoms with Crippen LogP contribution in [-0.4, -0.2) is 35.5 Å². The molecule has 4 N–H and O–H groups in total. The van der Waals surface area contributed by atoms with Crippen LogP contribution in [0.25, 0.3) is 11.0 Å². The van der Waals surface area contributed by atoms with Gasteiger partial charge in [0.15, 0.2) is 0 Å². The molecule has 9 heteroatoms. The van der Waals surface area contributed by atoms with E-state index in [2.05, 4.69) is 14.7 Å². The lowest BCUT2D eigenvalue weighted by atomic mass is 10.3. The highest BCUT2D eigenvalue weighted by atomic mass is 32.2. The molecule has 2 aromatic rings. The molecule has 0 bridgehead atoms. The van der Waals surface area contributed by atoms with Crippen LogP contribution in [0.15, 0.2) is 27.9 Å². The number of aromatic nitrogens is 2. The molecule has 0 fully saturated rings. The quantitative estimate of drug-likeness (QED) is 0.617. The Morgan fingerprint density at radius 1 is 1.35 bits per heavy atom. The number of carbonyl (C=O) groups is 1. The number of benzene rings is 1. The number of nitrogens with one attached hydrogen (secondary N) is 3. The summed E-state index contributed by atoms with van der Waals surface area (Å²) in [7, 11) is -3.84. The highest BCUT2D eigenvalue weighted by molar-refractivity contribution is 7.89. The topological polar surface area (TPSA) is 132 Å². The summed E-state index contributed by atoms with van der Waals surface area (Å²) in [6.07, 6.45) is -0.317. The molecular weight excluding hydrogens is 286 g/mol. The second kappa shape index (κ2) is 5.10. The molecule has 1 aromatic heterocycles. The Hall–Kier alpha value is -2.13.